The third kappa shape index (κ3) is 6.04. The first-order valence-electron chi connectivity index (χ1n) is 9.64. The summed E-state index contributed by atoms with van der Waals surface area (Å²) < 4.78 is 0. The summed E-state index contributed by atoms with van der Waals surface area (Å²) in [7, 11) is 1.35. The fraction of sp³-hybridized carbons (Fsp3) is 0.476. The molecule has 160 valence electrons. The molecule has 2 rings (SSSR count). The van der Waals surface area contributed by atoms with Crippen molar-refractivity contribution in [3.05, 3.63) is 30.3 Å². The molecular weight excluding hydrogens is 386 g/mol. The number of benzene rings is 1. The number of carbonyl (C=O) groups excluding carboxylic acids is 4. The molecule has 1 saturated heterocycles. The Balaban J connectivity index is 1.97. The van der Waals surface area contributed by atoms with E-state index >= 15 is 0 Å². The number of carbonyl (C=O) groups is 4. The maximum absolute atomic E-state index is 12.7. The topological polar surface area (TPSA) is 123 Å². The molecule has 30 heavy (non-hydrogen) atoms. The molecule has 9 nitrogen and oxygen atoms in total. The summed E-state index contributed by atoms with van der Waals surface area (Å²) >= 11 is 0. The van der Waals surface area contributed by atoms with Crippen LogP contribution in [0.1, 0.15) is 27.2 Å². The molecule has 1 aromatic carbocycles. The van der Waals surface area contributed by atoms with E-state index < -0.39 is 35.2 Å². The van der Waals surface area contributed by atoms with E-state index in [-0.39, 0.29) is 25.4 Å². The second-order valence-corrected chi connectivity index (χ2v) is 8.34. The van der Waals surface area contributed by atoms with Gasteiger partial charge in [-0.1, -0.05) is 18.2 Å². The lowest BCUT2D eigenvalue weighted by atomic mass is 10.1. The van der Waals surface area contributed by atoms with Gasteiger partial charge in [-0.05, 0) is 39.3 Å². The molecule has 1 aliphatic heterocycles. The van der Waals surface area contributed by atoms with Crippen LogP contribution in [0, 0.1) is 17.2 Å². The van der Waals surface area contributed by atoms with Crippen molar-refractivity contribution in [3.8, 4) is 6.07 Å². The molecule has 2 unspecified atom stereocenters. The smallest absolute Gasteiger partial charge is 0.312 e. The molecule has 0 saturated carbocycles. The molecule has 1 aliphatic rings. The maximum atomic E-state index is 12.7. The lowest BCUT2D eigenvalue weighted by Gasteiger charge is -2.25. The Labute approximate surface area is 176 Å². The highest BCUT2D eigenvalue weighted by molar-refractivity contribution is 6.35. The van der Waals surface area contributed by atoms with Gasteiger partial charge < -0.3 is 20.4 Å². The minimum atomic E-state index is -0.843. The van der Waals surface area contributed by atoms with Crippen molar-refractivity contribution < 1.29 is 19.2 Å². The van der Waals surface area contributed by atoms with Crippen LogP contribution in [0.15, 0.2) is 30.3 Å². The van der Waals surface area contributed by atoms with Gasteiger partial charge in [0.25, 0.3) is 0 Å². The van der Waals surface area contributed by atoms with Crippen LogP contribution in [0.3, 0.4) is 0 Å². The first-order valence-corrected chi connectivity index (χ1v) is 9.64. The van der Waals surface area contributed by atoms with Gasteiger partial charge in [0.15, 0.2) is 0 Å². The standard InChI is InChI=1S/C21H27N5O4/c1-21(2,3)24-19(29)20(30)25(4)13-17(27)26-12-14(10-16(26)11-22)18(28)23-15-8-6-5-7-9-15/h5-9,14,16H,10,12-13H2,1-4H3,(H,23,28)(H,24,29). The summed E-state index contributed by atoms with van der Waals surface area (Å²) in [4.78, 5) is 51.7. The first-order chi connectivity index (χ1) is 14.0. The van der Waals surface area contributed by atoms with E-state index in [1.807, 2.05) is 12.1 Å². The molecule has 0 aliphatic carbocycles. The normalized spacial score (nSPS) is 18.3. The third-order valence-electron chi connectivity index (χ3n) is 4.58. The van der Waals surface area contributed by atoms with Gasteiger partial charge >= 0.3 is 11.8 Å². The molecule has 1 fully saturated rings. The Morgan fingerprint density at radius 1 is 1.20 bits per heavy atom. The summed E-state index contributed by atoms with van der Waals surface area (Å²) in [6, 6.07) is 10.2. The van der Waals surface area contributed by atoms with E-state index in [1.165, 1.54) is 11.9 Å². The molecule has 0 bridgehead atoms. The summed E-state index contributed by atoms with van der Waals surface area (Å²) in [5.74, 6) is -2.95. The Morgan fingerprint density at radius 3 is 2.40 bits per heavy atom. The number of anilines is 1. The van der Waals surface area contributed by atoms with E-state index in [9.17, 15) is 24.4 Å². The number of likely N-dealkylation sites (N-methyl/N-ethyl adjacent to an activating group) is 1. The zero-order chi connectivity index (χ0) is 22.5. The number of hydrogen-bond donors (Lipinski definition) is 2. The van der Waals surface area contributed by atoms with Gasteiger partial charge in [-0.2, -0.15) is 5.26 Å². The van der Waals surface area contributed by atoms with E-state index in [1.54, 1.807) is 45.0 Å². The number of nitrogens with zero attached hydrogens (tertiary/aromatic N) is 3. The number of likely N-dealkylation sites (tertiary alicyclic amines) is 1. The van der Waals surface area contributed by atoms with Crippen molar-refractivity contribution in [2.75, 3.05) is 25.5 Å². The number of rotatable bonds is 4. The van der Waals surface area contributed by atoms with Gasteiger partial charge in [0.1, 0.15) is 6.04 Å². The summed E-state index contributed by atoms with van der Waals surface area (Å²) in [6.45, 7) is 4.94. The quantitative estimate of drug-likeness (QED) is 0.705. The van der Waals surface area contributed by atoms with E-state index in [4.69, 9.17) is 0 Å². The van der Waals surface area contributed by atoms with Crippen molar-refractivity contribution in [1.82, 2.24) is 15.1 Å². The number of amides is 4. The highest BCUT2D eigenvalue weighted by Gasteiger charge is 2.39. The summed E-state index contributed by atoms with van der Waals surface area (Å²) in [5.41, 5.74) is 0.0496. The Morgan fingerprint density at radius 2 is 1.83 bits per heavy atom. The molecule has 9 heteroatoms. The third-order valence-corrected chi connectivity index (χ3v) is 4.58. The Bertz CT molecular complexity index is 856. The minimum Gasteiger partial charge on any atom is -0.343 e. The number of hydrogen-bond acceptors (Lipinski definition) is 5. The molecule has 0 spiro atoms. The second-order valence-electron chi connectivity index (χ2n) is 8.34. The SMILES string of the molecule is CN(CC(=O)N1CC(C(=O)Nc2ccccc2)CC1C#N)C(=O)C(=O)NC(C)(C)C. The molecule has 0 radical (unpaired) electrons. The van der Waals surface area contributed by atoms with Crippen molar-refractivity contribution in [3.63, 3.8) is 0 Å². The monoisotopic (exact) mass is 413 g/mol. The van der Waals surface area contributed by atoms with Crippen LogP contribution >= 0.6 is 0 Å². The fourth-order valence-corrected chi connectivity index (χ4v) is 3.12. The molecule has 1 aromatic rings. The van der Waals surface area contributed by atoms with Crippen LogP contribution in [-0.2, 0) is 19.2 Å². The van der Waals surface area contributed by atoms with E-state index in [0.29, 0.717) is 5.69 Å². The van der Waals surface area contributed by atoms with Crippen LogP contribution in [0.4, 0.5) is 5.69 Å². The van der Waals surface area contributed by atoms with Crippen molar-refractivity contribution >= 4 is 29.3 Å². The average molecular weight is 413 g/mol. The van der Waals surface area contributed by atoms with Gasteiger partial charge in [0.2, 0.25) is 11.8 Å². The second kappa shape index (κ2) is 9.39. The van der Waals surface area contributed by atoms with Crippen molar-refractivity contribution in [2.24, 2.45) is 5.92 Å². The lowest BCUT2D eigenvalue weighted by Crippen LogP contribution is -2.51. The maximum Gasteiger partial charge on any atom is 0.312 e. The molecular formula is C21H27N5O4. The van der Waals surface area contributed by atoms with Crippen LogP contribution in [0.25, 0.3) is 0 Å². The van der Waals surface area contributed by atoms with Crippen LogP contribution in [0.5, 0.6) is 0 Å². The predicted octanol–water partition coefficient (Wildman–Crippen LogP) is 0.739. The van der Waals surface area contributed by atoms with Gasteiger partial charge in [-0.3, -0.25) is 19.2 Å². The summed E-state index contributed by atoms with van der Waals surface area (Å²) in [5, 5.41) is 14.7. The largest absolute Gasteiger partial charge is 0.343 e. The van der Waals surface area contributed by atoms with E-state index in [2.05, 4.69) is 10.6 Å². The predicted molar refractivity (Wildman–Crippen MR) is 110 cm³/mol. The van der Waals surface area contributed by atoms with Gasteiger partial charge in [0, 0.05) is 24.8 Å². The van der Waals surface area contributed by atoms with Crippen LogP contribution in [-0.4, -0.2) is 65.1 Å². The molecule has 2 atom stereocenters. The zero-order valence-electron chi connectivity index (χ0n) is 17.6. The van der Waals surface area contributed by atoms with E-state index in [0.717, 1.165) is 4.90 Å². The molecule has 2 N–H and O–H groups in total. The number of para-hydroxylation sites is 1. The first kappa shape index (κ1) is 22.9. The lowest BCUT2D eigenvalue weighted by molar-refractivity contribution is -0.148. The molecule has 1 heterocycles. The van der Waals surface area contributed by atoms with Gasteiger partial charge in [0.05, 0.1) is 18.5 Å². The van der Waals surface area contributed by atoms with Gasteiger partial charge in [-0.15, -0.1) is 0 Å². The van der Waals surface area contributed by atoms with Crippen molar-refractivity contribution in [2.45, 2.75) is 38.8 Å². The zero-order valence-corrected chi connectivity index (χ0v) is 17.6. The Kier molecular flexibility index (Phi) is 7.16. The van der Waals surface area contributed by atoms with Crippen molar-refractivity contribution in [1.29, 1.82) is 5.26 Å². The highest BCUT2D eigenvalue weighted by Crippen LogP contribution is 2.24. The minimum absolute atomic E-state index is 0.0753. The number of nitriles is 1. The Hall–Kier alpha value is -3.41. The summed E-state index contributed by atoms with van der Waals surface area (Å²) in [6.07, 6.45) is 0.211. The molecule has 4 amide bonds. The average Bonchev–Trinajstić information content (AvgIpc) is 3.11. The van der Waals surface area contributed by atoms with Crippen LogP contribution < -0.4 is 10.6 Å². The fourth-order valence-electron chi connectivity index (χ4n) is 3.12. The number of nitrogens with one attached hydrogen (secondary N) is 2. The molecule has 0 aromatic heterocycles. The van der Waals surface area contributed by atoms with Crippen LogP contribution in [0.2, 0.25) is 0 Å². The van der Waals surface area contributed by atoms with Gasteiger partial charge in [-0.25, -0.2) is 0 Å². The highest BCUT2D eigenvalue weighted by atomic mass is 16.2.